The van der Waals surface area contributed by atoms with Gasteiger partial charge in [0.2, 0.25) is 5.95 Å². The van der Waals surface area contributed by atoms with Gasteiger partial charge in [-0.1, -0.05) is 74.9 Å². The molecule has 3 aromatic heterocycles. The number of hydrogen-bond acceptors (Lipinski definition) is 6. The average Bonchev–Trinajstić information content (AvgIpc) is 3.68. The fraction of sp³-hybridized carbons (Fsp3) is 0.389. The van der Waals surface area contributed by atoms with Crippen LogP contribution in [-0.2, 0) is 5.41 Å². The fourth-order valence-corrected chi connectivity index (χ4v) is 6.47. The van der Waals surface area contributed by atoms with Gasteiger partial charge in [-0.2, -0.15) is 0 Å². The third-order valence-electron chi connectivity index (χ3n) is 8.99. The van der Waals surface area contributed by atoms with Crippen molar-refractivity contribution in [2.24, 2.45) is 0 Å². The fourth-order valence-electron chi connectivity index (χ4n) is 6.47. The van der Waals surface area contributed by atoms with Gasteiger partial charge in [0.15, 0.2) is 5.65 Å². The van der Waals surface area contributed by atoms with Crippen LogP contribution in [0.1, 0.15) is 87.5 Å². The first-order valence-corrected chi connectivity index (χ1v) is 16.3. The van der Waals surface area contributed by atoms with Crippen molar-refractivity contribution in [2.45, 2.75) is 77.4 Å². The number of urea groups is 1. The summed E-state index contributed by atoms with van der Waals surface area (Å²) in [7, 11) is 0. The van der Waals surface area contributed by atoms with Gasteiger partial charge in [-0.15, -0.1) is 10.2 Å². The Bertz CT molecular complexity index is 1850. The molecule has 0 unspecified atom stereocenters. The number of ether oxygens (including phenoxy) is 1. The van der Waals surface area contributed by atoms with Crippen molar-refractivity contribution in [3.05, 3.63) is 89.4 Å². The minimum atomic E-state index is -0.278. The van der Waals surface area contributed by atoms with Gasteiger partial charge in [-0.3, -0.25) is 9.72 Å². The Balaban J connectivity index is 1.09. The summed E-state index contributed by atoms with van der Waals surface area (Å²) in [6.07, 6.45) is 6.96. The normalized spacial score (nSPS) is 18.3. The van der Waals surface area contributed by atoms with Crippen molar-refractivity contribution in [3.63, 3.8) is 0 Å². The molecule has 238 valence electrons. The van der Waals surface area contributed by atoms with E-state index >= 15 is 0 Å². The largest absolute Gasteiger partial charge is 0.484 e. The second-order valence-corrected chi connectivity index (χ2v) is 13.5. The number of nitrogens with one attached hydrogen (secondary N) is 3. The van der Waals surface area contributed by atoms with Crippen LogP contribution < -0.4 is 20.3 Å². The van der Waals surface area contributed by atoms with E-state index in [4.69, 9.17) is 9.72 Å². The molecule has 1 fully saturated rings. The van der Waals surface area contributed by atoms with Crippen molar-refractivity contribution in [2.75, 3.05) is 23.3 Å². The van der Waals surface area contributed by atoms with Crippen LogP contribution in [0, 0.1) is 6.92 Å². The third kappa shape index (κ3) is 6.03. The molecule has 3 N–H and O–H groups in total. The molecule has 4 heterocycles. The van der Waals surface area contributed by atoms with Gasteiger partial charge >= 0.3 is 6.03 Å². The lowest BCUT2D eigenvalue weighted by atomic mass is 9.85. The van der Waals surface area contributed by atoms with Crippen molar-refractivity contribution in [1.29, 1.82) is 0 Å². The molecule has 5 aromatic rings. The molecule has 0 radical (unpaired) electrons. The molecule has 0 bridgehead atoms. The first-order chi connectivity index (χ1) is 22.2. The molecule has 7 rings (SSSR count). The zero-order chi connectivity index (χ0) is 31.8. The molecule has 2 aromatic carbocycles. The Hall–Kier alpha value is -4.86. The maximum absolute atomic E-state index is 13.5. The monoisotopic (exact) mass is 618 g/mol. The van der Waals surface area contributed by atoms with E-state index in [-0.39, 0.29) is 23.6 Å². The maximum Gasteiger partial charge on any atom is 0.320 e. The number of amides is 2. The number of pyridine rings is 1. The lowest BCUT2D eigenvalue weighted by Gasteiger charge is -2.32. The van der Waals surface area contributed by atoms with Gasteiger partial charge in [-0.05, 0) is 62.3 Å². The molecule has 0 spiro atoms. The standard InChI is InChI=1S/C36H42N8O2/c1-23-12-14-24(15-13-23)31-32(39-33(38-31)36(2,3)4)40-34(45)37-28-17-18-29(27-11-7-6-10-26(27)28)46-25-16-19-30-41-42-35(44(30)22-25)43-20-8-5-9-21-43/h6-7,10-16,19,22,28-29H,5,8-9,17-18,20-21H2,1-4H3,(H,38,39)(H2,37,40,45)/t28-,29+/m0/s1. The van der Waals surface area contributed by atoms with Crippen LogP contribution in [0.15, 0.2) is 66.9 Å². The highest BCUT2D eigenvalue weighted by atomic mass is 16.5. The summed E-state index contributed by atoms with van der Waals surface area (Å²) in [5, 5.41) is 15.2. The molecule has 1 aliphatic carbocycles. The van der Waals surface area contributed by atoms with Crippen LogP contribution >= 0.6 is 0 Å². The average molecular weight is 619 g/mol. The number of hydrogen-bond donors (Lipinski definition) is 3. The second-order valence-electron chi connectivity index (χ2n) is 13.5. The van der Waals surface area contributed by atoms with E-state index in [1.54, 1.807) is 0 Å². The highest BCUT2D eigenvalue weighted by Crippen LogP contribution is 2.39. The van der Waals surface area contributed by atoms with Gasteiger partial charge in [-0.25, -0.2) is 9.78 Å². The number of aromatic nitrogens is 5. The summed E-state index contributed by atoms with van der Waals surface area (Å²) < 4.78 is 8.66. The van der Waals surface area contributed by atoms with Crippen LogP contribution in [0.4, 0.5) is 16.6 Å². The molecule has 46 heavy (non-hydrogen) atoms. The van der Waals surface area contributed by atoms with Gasteiger partial charge in [0, 0.05) is 24.1 Å². The number of aryl methyl sites for hydroxylation is 1. The van der Waals surface area contributed by atoms with Crippen molar-refractivity contribution in [3.8, 4) is 17.0 Å². The van der Waals surface area contributed by atoms with Gasteiger partial charge in [0.05, 0.1) is 12.2 Å². The quantitative estimate of drug-likeness (QED) is 0.182. The first kappa shape index (κ1) is 29.8. The van der Waals surface area contributed by atoms with E-state index in [9.17, 15) is 4.79 Å². The predicted molar refractivity (Wildman–Crippen MR) is 180 cm³/mol. The smallest absolute Gasteiger partial charge is 0.320 e. The van der Waals surface area contributed by atoms with Crippen molar-refractivity contribution < 1.29 is 9.53 Å². The molecular formula is C36H42N8O2. The van der Waals surface area contributed by atoms with Crippen LogP contribution in [0.25, 0.3) is 16.9 Å². The van der Waals surface area contributed by atoms with E-state index in [2.05, 4.69) is 82.7 Å². The third-order valence-corrected chi connectivity index (χ3v) is 8.99. The minimum Gasteiger partial charge on any atom is -0.484 e. The molecule has 10 nitrogen and oxygen atoms in total. The number of imidazole rings is 1. The minimum absolute atomic E-state index is 0.139. The predicted octanol–water partition coefficient (Wildman–Crippen LogP) is 7.49. The van der Waals surface area contributed by atoms with Crippen molar-refractivity contribution >= 4 is 23.4 Å². The summed E-state index contributed by atoms with van der Waals surface area (Å²) >= 11 is 0. The number of piperidine rings is 1. The molecule has 0 saturated carbocycles. The summed E-state index contributed by atoms with van der Waals surface area (Å²) in [6, 6.07) is 19.9. The lowest BCUT2D eigenvalue weighted by Crippen LogP contribution is -2.35. The molecule has 10 heteroatoms. The zero-order valence-electron chi connectivity index (χ0n) is 27.0. The van der Waals surface area contributed by atoms with E-state index in [0.717, 1.165) is 71.5 Å². The van der Waals surface area contributed by atoms with Crippen LogP contribution in [0.3, 0.4) is 0 Å². The number of carbonyl (C=O) groups excluding carboxylic acids is 1. The number of fused-ring (bicyclic) bond motifs is 2. The number of aromatic amines is 1. The summed E-state index contributed by atoms with van der Waals surface area (Å²) in [4.78, 5) is 24.1. The highest BCUT2D eigenvalue weighted by Gasteiger charge is 2.30. The maximum atomic E-state index is 13.5. The summed E-state index contributed by atoms with van der Waals surface area (Å²) in [5.41, 5.74) is 5.59. The number of anilines is 2. The molecule has 2 aliphatic rings. The summed E-state index contributed by atoms with van der Waals surface area (Å²) in [5.74, 6) is 3.04. The Morgan fingerprint density at radius 2 is 1.70 bits per heavy atom. The number of carbonyl (C=O) groups is 1. The van der Waals surface area contributed by atoms with Gasteiger partial charge in [0.25, 0.3) is 0 Å². The first-order valence-electron chi connectivity index (χ1n) is 16.3. The van der Waals surface area contributed by atoms with Crippen molar-refractivity contribution in [1.82, 2.24) is 29.9 Å². The Labute approximate surface area is 269 Å². The number of rotatable bonds is 6. The molecule has 2 atom stereocenters. The molecule has 2 amide bonds. The summed E-state index contributed by atoms with van der Waals surface area (Å²) in [6.45, 7) is 10.4. The van der Waals surface area contributed by atoms with Gasteiger partial charge in [0.1, 0.15) is 29.2 Å². The Kier molecular flexibility index (Phi) is 7.88. The number of nitrogens with zero attached hydrogens (tertiary/aromatic N) is 5. The number of H-pyrrole nitrogens is 1. The number of benzene rings is 2. The van der Waals surface area contributed by atoms with E-state index in [1.165, 1.54) is 24.8 Å². The van der Waals surface area contributed by atoms with Gasteiger partial charge < -0.3 is 19.9 Å². The van der Waals surface area contributed by atoms with E-state index in [0.29, 0.717) is 5.82 Å². The SMILES string of the molecule is Cc1ccc(-c2nc(C(C)(C)C)[nH]c2NC(=O)N[C@H]2CC[C@@H](Oc3ccc4nnc(N5CCCCC5)n4c3)c3ccccc32)cc1. The molecule has 1 aliphatic heterocycles. The van der Waals surface area contributed by atoms with E-state index < -0.39 is 0 Å². The van der Waals surface area contributed by atoms with E-state index in [1.807, 2.05) is 47.0 Å². The zero-order valence-corrected chi connectivity index (χ0v) is 27.0. The molecular weight excluding hydrogens is 576 g/mol. The van der Waals surface area contributed by atoms with Crippen LogP contribution in [0.5, 0.6) is 5.75 Å². The highest BCUT2D eigenvalue weighted by molar-refractivity contribution is 5.92. The molecule has 1 saturated heterocycles. The Morgan fingerprint density at radius 3 is 2.46 bits per heavy atom. The van der Waals surface area contributed by atoms with Crippen LogP contribution in [0.2, 0.25) is 0 Å². The second kappa shape index (κ2) is 12.2. The lowest BCUT2D eigenvalue weighted by molar-refractivity contribution is 0.171. The topological polar surface area (TPSA) is 112 Å². The van der Waals surface area contributed by atoms with Crippen LogP contribution in [-0.4, -0.2) is 43.7 Å². The Morgan fingerprint density at radius 1 is 0.935 bits per heavy atom.